The first kappa shape index (κ1) is 13.1. The Morgan fingerprint density at radius 1 is 1.35 bits per heavy atom. The summed E-state index contributed by atoms with van der Waals surface area (Å²) in [7, 11) is 0. The van der Waals surface area contributed by atoms with E-state index in [9.17, 15) is 4.79 Å². The Bertz CT molecular complexity index is 651. The maximum Gasteiger partial charge on any atom is 0.347 e. The van der Waals surface area contributed by atoms with Crippen LogP contribution in [0.3, 0.4) is 0 Å². The lowest BCUT2D eigenvalue weighted by atomic mass is 10.0. The Labute approximate surface area is 121 Å². The molecular weight excluding hydrogens is 272 g/mol. The molecule has 1 aliphatic rings. The number of carboxylic acid groups (broad SMARTS) is 1. The highest BCUT2D eigenvalue weighted by Crippen LogP contribution is 2.29. The number of hydrogen-bond donors (Lipinski definition) is 1. The molecule has 0 amide bonds. The van der Waals surface area contributed by atoms with Crippen LogP contribution in [0.15, 0.2) is 24.3 Å². The Balaban J connectivity index is 1.91. The van der Waals surface area contributed by atoms with E-state index in [1.165, 1.54) is 22.5 Å². The summed E-state index contributed by atoms with van der Waals surface area (Å²) in [6.45, 7) is 3.48. The molecule has 0 bridgehead atoms. The lowest BCUT2D eigenvalue weighted by Gasteiger charge is -2.19. The number of carbonyl (C=O) groups is 1. The van der Waals surface area contributed by atoms with Gasteiger partial charge >= 0.3 is 5.97 Å². The van der Waals surface area contributed by atoms with E-state index < -0.39 is 5.97 Å². The standard InChI is InChI=1S/C15H16N2O2S/c1-10-13(14(18)19)20-15(16-10)17-8-4-7-11-5-2-3-6-12(11)9-17/h2-3,5-6H,4,7-9H2,1H3,(H,18,19). The zero-order valence-electron chi connectivity index (χ0n) is 11.3. The highest BCUT2D eigenvalue weighted by Gasteiger charge is 2.20. The quantitative estimate of drug-likeness (QED) is 0.922. The maximum absolute atomic E-state index is 11.1. The molecule has 2 aromatic rings. The maximum atomic E-state index is 11.1. The van der Waals surface area contributed by atoms with Gasteiger partial charge < -0.3 is 10.0 Å². The molecule has 0 radical (unpaired) electrons. The Kier molecular flexibility index (Phi) is 3.44. The van der Waals surface area contributed by atoms with Crippen molar-refractivity contribution in [3.8, 4) is 0 Å². The molecule has 20 heavy (non-hydrogen) atoms. The number of anilines is 1. The van der Waals surface area contributed by atoms with Crippen molar-refractivity contribution < 1.29 is 9.90 Å². The molecule has 5 heteroatoms. The molecule has 4 nitrogen and oxygen atoms in total. The molecule has 2 heterocycles. The normalized spacial score (nSPS) is 14.8. The van der Waals surface area contributed by atoms with Crippen molar-refractivity contribution >= 4 is 22.4 Å². The van der Waals surface area contributed by atoms with Gasteiger partial charge in [0.1, 0.15) is 4.88 Å². The third-order valence-electron chi connectivity index (χ3n) is 3.60. The number of nitrogens with zero attached hydrogens (tertiary/aromatic N) is 2. The predicted molar refractivity (Wildman–Crippen MR) is 79.6 cm³/mol. The lowest BCUT2D eigenvalue weighted by molar-refractivity contribution is 0.0701. The van der Waals surface area contributed by atoms with Crippen molar-refractivity contribution in [1.82, 2.24) is 4.98 Å². The highest BCUT2D eigenvalue weighted by atomic mass is 32.1. The van der Waals surface area contributed by atoms with Crippen molar-refractivity contribution in [2.24, 2.45) is 0 Å². The van der Waals surface area contributed by atoms with Gasteiger partial charge in [-0.3, -0.25) is 0 Å². The van der Waals surface area contributed by atoms with Gasteiger partial charge in [0.05, 0.1) is 5.69 Å². The molecular formula is C15H16N2O2S. The van der Waals surface area contributed by atoms with Crippen LogP contribution in [0.5, 0.6) is 0 Å². The van der Waals surface area contributed by atoms with E-state index in [4.69, 9.17) is 5.11 Å². The molecule has 0 aliphatic carbocycles. The minimum absolute atomic E-state index is 0.345. The number of benzene rings is 1. The van der Waals surface area contributed by atoms with Crippen LogP contribution in [0.4, 0.5) is 5.13 Å². The number of aromatic carboxylic acids is 1. The summed E-state index contributed by atoms with van der Waals surface area (Å²) in [5.74, 6) is -0.888. The van der Waals surface area contributed by atoms with Crippen LogP contribution in [0.1, 0.15) is 32.9 Å². The first-order valence-electron chi connectivity index (χ1n) is 6.67. The van der Waals surface area contributed by atoms with Gasteiger partial charge in [-0.05, 0) is 30.9 Å². The van der Waals surface area contributed by atoms with Crippen molar-refractivity contribution in [2.75, 3.05) is 11.4 Å². The average molecular weight is 288 g/mol. The van der Waals surface area contributed by atoms with Gasteiger partial charge in [-0.1, -0.05) is 35.6 Å². The second-order valence-corrected chi connectivity index (χ2v) is 5.99. The topological polar surface area (TPSA) is 53.4 Å². The summed E-state index contributed by atoms with van der Waals surface area (Å²) in [4.78, 5) is 18.1. The van der Waals surface area contributed by atoms with Crippen LogP contribution < -0.4 is 4.90 Å². The summed E-state index contributed by atoms with van der Waals surface area (Å²) < 4.78 is 0. The summed E-state index contributed by atoms with van der Waals surface area (Å²) in [6, 6.07) is 8.45. The fraction of sp³-hybridized carbons (Fsp3) is 0.333. The van der Waals surface area contributed by atoms with Gasteiger partial charge in [0.2, 0.25) is 0 Å². The van der Waals surface area contributed by atoms with E-state index in [2.05, 4.69) is 34.1 Å². The molecule has 1 aromatic carbocycles. The Hall–Kier alpha value is -1.88. The van der Waals surface area contributed by atoms with Gasteiger partial charge in [0.25, 0.3) is 0 Å². The second kappa shape index (κ2) is 5.25. The third-order valence-corrected chi connectivity index (χ3v) is 4.81. The molecule has 0 atom stereocenters. The first-order chi connectivity index (χ1) is 9.65. The number of hydrogen-bond acceptors (Lipinski definition) is 4. The van der Waals surface area contributed by atoms with E-state index in [1.54, 1.807) is 6.92 Å². The van der Waals surface area contributed by atoms with Crippen molar-refractivity contribution in [3.05, 3.63) is 46.0 Å². The number of thiazole rings is 1. The molecule has 104 valence electrons. The number of aryl methyl sites for hydroxylation is 2. The smallest absolute Gasteiger partial charge is 0.347 e. The fourth-order valence-electron chi connectivity index (χ4n) is 2.58. The van der Waals surface area contributed by atoms with Gasteiger partial charge in [-0.2, -0.15) is 0 Å². The van der Waals surface area contributed by atoms with Gasteiger partial charge in [0, 0.05) is 13.1 Å². The summed E-state index contributed by atoms with van der Waals surface area (Å²) >= 11 is 1.27. The summed E-state index contributed by atoms with van der Waals surface area (Å²) in [5.41, 5.74) is 3.31. The largest absolute Gasteiger partial charge is 0.477 e. The zero-order chi connectivity index (χ0) is 14.1. The summed E-state index contributed by atoms with van der Waals surface area (Å²) in [5, 5.41) is 9.96. The van der Waals surface area contributed by atoms with Gasteiger partial charge in [-0.15, -0.1) is 0 Å². The number of carboxylic acids is 1. The van der Waals surface area contributed by atoms with E-state index in [1.807, 2.05) is 0 Å². The molecule has 1 aliphatic heterocycles. The summed E-state index contributed by atoms with van der Waals surface area (Å²) in [6.07, 6.45) is 2.14. The third kappa shape index (κ3) is 2.41. The lowest BCUT2D eigenvalue weighted by Crippen LogP contribution is -2.22. The first-order valence-corrected chi connectivity index (χ1v) is 7.49. The highest BCUT2D eigenvalue weighted by molar-refractivity contribution is 7.17. The van der Waals surface area contributed by atoms with E-state index in [0.29, 0.717) is 10.6 Å². The zero-order valence-corrected chi connectivity index (χ0v) is 12.1. The molecule has 0 saturated carbocycles. The Morgan fingerprint density at radius 2 is 2.10 bits per heavy atom. The SMILES string of the molecule is Cc1nc(N2CCCc3ccccc3C2)sc1C(=O)O. The van der Waals surface area contributed by atoms with Crippen LogP contribution in [-0.4, -0.2) is 22.6 Å². The monoisotopic (exact) mass is 288 g/mol. The molecule has 0 unspecified atom stereocenters. The van der Waals surface area contributed by atoms with Gasteiger partial charge in [-0.25, -0.2) is 9.78 Å². The number of aromatic nitrogens is 1. The molecule has 1 N–H and O–H groups in total. The molecule has 1 aromatic heterocycles. The minimum atomic E-state index is -0.888. The second-order valence-electron chi connectivity index (χ2n) is 5.01. The molecule has 0 fully saturated rings. The van der Waals surface area contributed by atoms with Crippen molar-refractivity contribution in [1.29, 1.82) is 0 Å². The van der Waals surface area contributed by atoms with Crippen molar-refractivity contribution in [2.45, 2.75) is 26.3 Å². The predicted octanol–water partition coefficient (Wildman–Crippen LogP) is 3.10. The van der Waals surface area contributed by atoms with Crippen LogP contribution in [0.25, 0.3) is 0 Å². The van der Waals surface area contributed by atoms with Gasteiger partial charge in [0.15, 0.2) is 5.13 Å². The number of rotatable bonds is 2. The van der Waals surface area contributed by atoms with Crippen LogP contribution in [0.2, 0.25) is 0 Å². The van der Waals surface area contributed by atoms with E-state index in [0.717, 1.165) is 31.1 Å². The van der Waals surface area contributed by atoms with Crippen LogP contribution in [-0.2, 0) is 13.0 Å². The van der Waals surface area contributed by atoms with E-state index >= 15 is 0 Å². The van der Waals surface area contributed by atoms with Crippen molar-refractivity contribution in [3.63, 3.8) is 0 Å². The van der Waals surface area contributed by atoms with Crippen LogP contribution in [0, 0.1) is 6.92 Å². The molecule has 0 spiro atoms. The fourth-order valence-corrected chi connectivity index (χ4v) is 3.51. The average Bonchev–Trinajstić information content (AvgIpc) is 2.69. The van der Waals surface area contributed by atoms with E-state index in [-0.39, 0.29) is 0 Å². The Morgan fingerprint density at radius 3 is 2.80 bits per heavy atom. The molecule has 0 saturated heterocycles. The minimum Gasteiger partial charge on any atom is -0.477 e. The molecule has 3 rings (SSSR count). The number of fused-ring (bicyclic) bond motifs is 1. The van der Waals surface area contributed by atoms with Crippen LogP contribution >= 0.6 is 11.3 Å².